The summed E-state index contributed by atoms with van der Waals surface area (Å²) >= 11 is 0. The van der Waals surface area contributed by atoms with Crippen molar-refractivity contribution < 1.29 is 19.1 Å². The van der Waals surface area contributed by atoms with Gasteiger partial charge in [-0.2, -0.15) is 5.26 Å². The summed E-state index contributed by atoms with van der Waals surface area (Å²) in [6.07, 6.45) is 2.35. The number of rotatable bonds is 8. The number of methoxy groups -OCH3 is 1. The minimum absolute atomic E-state index is 0.0623. The number of carbonyl (C=O) groups excluding carboxylic acids is 2. The molecule has 2 aromatic carbocycles. The van der Waals surface area contributed by atoms with Gasteiger partial charge in [0.25, 0.3) is 11.8 Å². The number of nitriles is 1. The molecule has 0 fully saturated rings. The van der Waals surface area contributed by atoms with Gasteiger partial charge in [-0.1, -0.05) is 13.0 Å². The Bertz CT molecular complexity index is 973. The van der Waals surface area contributed by atoms with Gasteiger partial charge in [-0.25, -0.2) is 0 Å². The first-order valence-corrected chi connectivity index (χ1v) is 9.45. The highest BCUT2D eigenvalue weighted by Crippen LogP contribution is 2.29. The monoisotopic (exact) mass is 407 g/mol. The number of hydrogen-bond donors (Lipinski definition) is 1. The maximum Gasteiger partial charge on any atom is 0.266 e. The van der Waals surface area contributed by atoms with Crippen molar-refractivity contribution in [2.45, 2.75) is 13.3 Å². The molecule has 0 unspecified atom stereocenters. The Morgan fingerprint density at radius 1 is 1.13 bits per heavy atom. The normalized spacial score (nSPS) is 10.7. The van der Waals surface area contributed by atoms with Crippen LogP contribution in [-0.2, 0) is 4.79 Å². The fourth-order valence-corrected chi connectivity index (χ4v) is 2.57. The first-order chi connectivity index (χ1) is 14.4. The van der Waals surface area contributed by atoms with E-state index in [4.69, 9.17) is 9.47 Å². The van der Waals surface area contributed by atoms with Crippen LogP contribution in [0.1, 0.15) is 29.3 Å². The van der Waals surface area contributed by atoms with Crippen molar-refractivity contribution in [1.29, 1.82) is 5.26 Å². The van der Waals surface area contributed by atoms with E-state index in [1.54, 1.807) is 56.6 Å². The molecule has 0 heterocycles. The summed E-state index contributed by atoms with van der Waals surface area (Å²) in [6.45, 7) is 2.57. The van der Waals surface area contributed by atoms with Crippen LogP contribution in [0.15, 0.2) is 48.0 Å². The predicted molar refractivity (Wildman–Crippen MR) is 115 cm³/mol. The average molecular weight is 407 g/mol. The number of anilines is 1. The van der Waals surface area contributed by atoms with E-state index >= 15 is 0 Å². The maximum atomic E-state index is 12.5. The van der Waals surface area contributed by atoms with E-state index < -0.39 is 5.91 Å². The standard InChI is InChI=1S/C23H25N3O4/c1-5-12-30-20-11-6-16(14-21(20)29-4)13-18(15-24)22(27)25-19-9-7-17(8-10-19)23(28)26(2)3/h6-11,13-14H,5,12H2,1-4H3,(H,25,27)/b18-13+. The Labute approximate surface area is 176 Å². The largest absolute Gasteiger partial charge is 0.493 e. The zero-order chi connectivity index (χ0) is 22.1. The van der Waals surface area contributed by atoms with E-state index in [0.717, 1.165) is 6.42 Å². The van der Waals surface area contributed by atoms with Crippen molar-refractivity contribution in [3.63, 3.8) is 0 Å². The Morgan fingerprint density at radius 3 is 2.40 bits per heavy atom. The summed E-state index contributed by atoms with van der Waals surface area (Å²) in [6, 6.07) is 13.6. The molecule has 2 aromatic rings. The number of benzene rings is 2. The first-order valence-electron chi connectivity index (χ1n) is 9.45. The van der Waals surface area contributed by atoms with Gasteiger partial charge in [0.15, 0.2) is 11.5 Å². The molecule has 0 radical (unpaired) electrons. The lowest BCUT2D eigenvalue weighted by Crippen LogP contribution is -2.21. The van der Waals surface area contributed by atoms with Crippen molar-refractivity contribution in [1.82, 2.24) is 4.90 Å². The first kappa shape index (κ1) is 22.5. The van der Waals surface area contributed by atoms with Crippen LogP contribution < -0.4 is 14.8 Å². The number of amides is 2. The van der Waals surface area contributed by atoms with E-state index in [9.17, 15) is 14.9 Å². The van der Waals surface area contributed by atoms with Crippen molar-refractivity contribution in [2.75, 3.05) is 33.1 Å². The number of ether oxygens (including phenoxy) is 2. The third-order valence-corrected chi connectivity index (χ3v) is 4.12. The molecular weight excluding hydrogens is 382 g/mol. The lowest BCUT2D eigenvalue weighted by atomic mass is 10.1. The van der Waals surface area contributed by atoms with Crippen LogP contribution in [0.5, 0.6) is 11.5 Å². The molecule has 0 saturated heterocycles. The van der Waals surface area contributed by atoms with E-state index in [2.05, 4.69) is 5.32 Å². The SMILES string of the molecule is CCCOc1ccc(/C=C(\C#N)C(=O)Nc2ccc(C(=O)N(C)C)cc2)cc1OC. The van der Waals surface area contributed by atoms with Gasteiger partial charge >= 0.3 is 0 Å². The zero-order valence-corrected chi connectivity index (χ0v) is 17.6. The number of nitrogens with one attached hydrogen (secondary N) is 1. The predicted octanol–water partition coefficient (Wildman–Crippen LogP) is 3.73. The van der Waals surface area contributed by atoms with Gasteiger partial charge in [0, 0.05) is 25.3 Å². The Balaban J connectivity index is 2.17. The molecule has 1 N–H and O–H groups in total. The van der Waals surface area contributed by atoms with Crippen molar-refractivity contribution in [2.24, 2.45) is 0 Å². The second-order valence-electron chi connectivity index (χ2n) is 6.66. The Kier molecular flexibility index (Phi) is 8.00. The molecule has 0 bridgehead atoms. The number of nitrogens with zero attached hydrogens (tertiary/aromatic N) is 2. The van der Waals surface area contributed by atoms with Crippen LogP contribution in [0.3, 0.4) is 0 Å². The summed E-state index contributed by atoms with van der Waals surface area (Å²) in [5.41, 5.74) is 1.56. The minimum Gasteiger partial charge on any atom is -0.493 e. The molecule has 0 aliphatic carbocycles. The lowest BCUT2D eigenvalue weighted by Gasteiger charge is -2.11. The van der Waals surface area contributed by atoms with Crippen LogP contribution in [-0.4, -0.2) is 44.5 Å². The molecule has 0 spiro atoms. The third kappa shape index (κ3) is 5.85. The maximum absolute atomic E-state index is 12.5. The fraction of sp³-hybridized carbons (Fsp3) is 0.261. The Morgan fingerprint density at radius 2 is 1.83 bits per heavy atom. The molecule has 2 amide bonds. The number of carbonyl (C=O) groups is 2. The van der Waals surface area contributed by atoms with Crippen LogP contribution in [0.4, 0.5) is 5.69 Å². The molecular formula is C23H25N3O4. The lowest BCUT2D eigenvalue weighted by molar-refractivity contribution is -0.112. The van der Waals surface area contributed by atoms with Gasteiger partial charge in [0.1, 0.15) is 11.6 Å². The molecule has 0 saturated carbocycles. The summed E-state index contributed by atoms with van der Waals surface area (Å²) in [5, 5.41) is 12.1. The highest BCUT2D eigenvalue weighted by atomic mass is 16.5. The van der Waals surface area contributed by atoms with Crippen molar-refractivity contribution in [3.8, 4) is 17.6 Å². The van der Waals surface area contributed by atoms with E-state index in [1.807, 2.05) is 13.0 Å². The van der Waals surface area contributed by atoms with Gasteiger partial charge in [0.05, 0.1) is 13.7 Å². The molecule has 0 aliphatic heterocycles. The highest BCUT2D eigenvalue weighted by Gasteiger charge is 2.12. The van der Waals surface area contributed by atoms with Crippen LogP contribution in [0.25, 0.3) is 6.08 Å². The van der Waals surface area contributed by atoms with Gasteiger partial charge < -0.3 is 19.7 Å². The molecule has 0 aromatic heterocycles. The van der Waals surface area contributed by atoms with Crippen LogP contribution >= 0.6 is 0 Å². The molecule has 30 heavy (non-hydrogen) atoms. The van der Waals surface area contributed by atoms with E-state index in [1.165, 1.54) is 18.1 Å². The Hall–Kier alpha value is -3.79. The summed E-state index contributed by atoms with van der Waals surface area (Å²) in [5.74, 6) is 0.447. The quantitative estimate of drug-likeness (QED) is 0.532. The smallest absolute Gasteiger partial charge is 0.266 e. The molecule has 2 rings (SSSR count). The minimum atomic E-state index is -0.547. The average Bonchev–Trinajstić information content (AvgIpc) is 2.76. The number of hydrogen-bond acceptors (Lipinski definition) is 5. The highest BCUT2D eigenvalue weighted by molar-refractivity contribution is 6.09. The molecule has 156 valence electrons. The third-order valence-electron chi connectivity index (χ3n) is 4.12. The van der Waals surface area contributed by atoms with Crippen LogP contribution in [0, 0.1) is 11.3 Å². The summed E-state index contributed by atoms with van der Waals surface area (Å²) in [7, 11) is 4.86. The van der Waals surface area contributed by atoms with E-state index in [-0.39, 0.29) is 11.5 Å². The second-order valence-corrected chi connectivity index (χ2v) is 6.66. The summed E-state index contributed by atoms with van der Waals surface area (Å²) in [4.78, 5) is 25.9. The van der Waals surface area contributed by atoms with Gasteiger partial charge in [0.2, 0.25) is 0 Å². The summed E-state index contributed by atoms with van der Waals surface area (Å²) < 4.78 is 10.9. The van der Waals surface area contributed by atoms with Crippen molar-refractivity contribution in [3.05, 3.63) is 59.2 Å². The van der Waals surface area contributed by atoms with Gasteiger partial charge in [-0.3, -0.25) is 9.59 Å². The zero-order valence-electron chi connectivity index (χ0n) is 17.6. The molecule has 7 nitrogen and oxygen atoms in total. The van der Waals surface area contributed by atoms with Gasteiger partial charge in [-0.05, 0) is 54.5 Å². The topological polar surface area (TPSA) is 91.7 Å². The van der Waals surface area contributed by atoms with Crippen molar-refractivity contribution >= 4 is 23.6 Å². The second kappa shape index (κ2) is 10.7. The van der Waals surface area contributed by atoms with Gasteiger partial charge in [-0.15, -0.1) is 0 Å². The molecule has 0 atom stereocenters. The van der Waals surface area contributed by atoms with E-state index in [0.29, 0.717) is 34.9 Å². The fourth-order valence-electron chi connectivity index (χ4n) is 2.57. The molecule has 7 heteroatoms. The molecule has 0 aliphatic rings. The van der Waals surface area contributed by atoms with Crippen LogP contribution in [0.2, 0.25) is 0 Å².